The van der Waals surface area contributed by atoms with Crippen molar-refractivity contribution in [2.24, 2.45) is 0 Å². The first-order valence-corrected chi connectivity index (χ1v) is 11.5. The number of phenolic OH excluding ortho intramolecular Hbond substituents is 3. The molecule has 184 valence electrons. The van der Waals surface area contributed by atoms with Crippen molar-refractivity contribution in [2.45, 2.75) is 59.3 Å². The van der Waals surface area contributed by atoms with E-state index >= 15 is 0 Å². The number of aromatic hydroxyl groups is 3. The molecule has 0 aromatic heterocycles. The van der Waals surface area contributed by atoms with Gasteiger partial charge < -0.3 is 15.3 Å². The van der Waals surface area contributed by atoms with Gasteiger partial charge in [0.05, 0.1) is 11.1 Å². The summed E-state index contributed by atoms with van der Waals surface area (Å²) in [5, 5.41) is 47.6. The van der Waals surface area contributed by atoms with Crippen molar-refractivity contribution in [3.05, 3.63) is 87.5 Å². The second-order valence-electron chi connectivity index (χ2n) is 10.6. The molecular weight excluding hydrogens is 448 g/mol. The van der Waals surface area contributed by atoms with Crippen molar-refractivity contribution >= 4 is 0 Å². The summed E-state index contributed by atoms with van der Waals surface area (Å²) in [6, 6.07) is 17.9. The maximum absolute atomic E-state index is 10.4. The van der Waals surface area contributed by atoms with E-state index in [-0.39, 0.29) is 27.5 Å². The highest BCUT2D eigenvalue weighted by atomic mass is 16.3. The van der Waals surface area contributed by atoms with Gasteiger partial charge in [0.15, 0.2) is 11.5 Å². The molecule has 0 aliphatic carbocycles. The van der Waals surface area contributed by atoms with Gasteiger partial charge in [-0.3, -0.25) is 0 Å². The Balaban J connectivity index is 0.000000261. The summed E-state index contributed by atoms with van der Waals surface area (Å²) < 4.78 is 0. The Labute approximate surface area is 213 Å². The van der Waals surface area contributed by atoms with Crippen LogP contribution in [0.25, 0.3) is 0 Å². The topological polar surface area (TPSA) is 108 Å². The molecule has 5 heteroatoms. The van der Waals surface area contributed by atoms with Gasteiger partial charge >= 0.3 is 0 Å². The van der Waals surface area contributed by atoms with Crippen molar-refractivity contribution in [2.75, 3.05) is 0 Å². The number of hydrogen-bond donors (Lipinski definition) is 3. The molecule has 0 unspecified atom stereocenters. The molecule has 3 aromatic rings. The van der Waals surface area contributed by atoms with E-state index in [2.05, 4.69) is 72.4 Å². The molecule has 5 nitrogen and oxygen atoms in total. The predicted octanol–water partition coefficient (Wildman–Crippen LogP) is 6.54. The van der Waals surface area contributed by atoms with E-state index in [1.54, 1.807) is 18.2 Å². The largest absolute Gasteiger partial charge is 0.507 e. The zero-order valence-corrected chi connectivity index (χ0v) is 21.9. The average molecular weight is 481 g/mol. The molecule has 0 atom stereocenters. The van der Waals surface area contributed by atoms with Crippen molar-refractivity contribution in [1.82, 2.24) is 0 Å². The van der Waals surface area contributed by atoms with Gasteiger partial charge in [-0.1, -0.05) is 89.3 Å². The molecule has 0 bridgehead atoms. The molecule has 0 aliphatic rings. The molecular formula is C31H32N2O3. The fraction of sp³-hybridized carbons (Fsp3) is 0.290. The highest BCUT2D eigenvalue weighted by Gasteiger charge is 2.25. The van der Waals surface area contributed by atoms with Crippen LogP contribution in [0, 0.1) is 41.4 Å². The Morgan fingerprint density at radius 1 is 0.667 bits per heavy atom. The summed E-state index contributed by atoms with van der Waals surface area (Å²) in [4.78, 5) is 0. The van der Waals surface area contributed by atoms with E-state index in [4.69, 9.17) is 10.5 Å². The number of nitriles is 2. The third kappa shape index (κ3) is 6.59. The fourth-order valence-electron chi connectivity index (χ4n) is 3.56. The summed E-state index contributed by atoms with van der Waals surface area (Å²) in [5.74, 6) is 4.90. The number of phenols is 3. The smallest absolute Gasteiger partial charge is 0.176 e. The predicted molar refractivity (Wildman–Crippen MR) is 142 cm³/mol. The number of hydrogen-bond acceptors (Lipinski definition) is 5. The summed E-state index contributed by atoms with van der Waals surface area (Å²) >= 11 is 0. The Bertz CT molecular complexity index is 1360. The number of rotatable bonds is 0. The van der Waals surface area contributed by atoms with Gasteiger partial charge in [-0.05, 0) is 41.0 Å². The molecule has 0 aliphatic heterocycles. The molecule has 0 fully saturated rings. The number of nitrogens with zero attached hydrogens (tertiary/aromatic N) is 2. The molecule has 0 radical (unpaired) electrons. The third-order valence-corrected chi connectivity index (χ3v) is 5.49. The van der Waals surface area contributed by atoms with Crippen LogP contribution in [0.3, 0.4) is 0 Å². The molecule has 3 N–H and O–H groups in total. The Morgan fingerprint density at radius 3 is 1.64 bits per heavy atom. The van der Waals surface area contributed by atoms with Crippen LogP contribution in [-0.2, 0) is 10.8 Å². The molecule has 0 amide bonds. The fourth-order valence-corrected chi connectivity index (χ4v) is 3.56. The molecule has 0 saturated heterocycles. The Hall–Kier alpha value is -4.40. The highest BCUT2D eigenvalue weighted by molar-refractivity contribution is 5.67. The van der Waals surface area contributed by atoms with Crippen molar-refractivity contribution in [3.63, 3.8) is 0 Å². The van der Waals surface area contributed by atoms with E-state index in [1.165, 1.54) is 5.56 Å². The van der Waals surface area contributed by atoms with E-state index in [9.17, 15) is 15.3 Å². The van der Waals surface area contributed by atoms with E-state index in [0.29, 0.717) is 11.3 Å². The zero-order chi connectivity index (χ0) is 27.3. The number of benzene rings is 3. The average Bonchev–Trinajstić information content (AvgIpc) is 2.80. The van der Waals surface area contributed by atoms with Crippen molar-refractivity contribution in [3.8, 4) is 41.2 Å². The van der Waals surface area contributed by atoms with Gasteiger partial charge in [0.2, 0.25) is 0 Å². The van der Waals surface area contributed by atoms with Gasteiger partial charge in [0.25, 0.3) is 0 Å². The monoisotopic (exact) mass is 480 g/mol. The van der Waals surface area contributed by atoms with Crippen LogP contribution >= 0.6 is 0 Å². The highest BCUT2D eigenvalue weighted by Crippen LogP contribution is 2.39. The van der Waals surface area contributed by atoms with E-state index < -0.39 is 11.5 Å². The van der Waals surface area contributed by atoms with Crippen LogP contribution in [0.4, 0.5) is 0 Å². The first-order chi connectivity index (χ1) is 16.7. The van der Waals surface area contributed by atoms with E-state index in [1.807, 2.05) is 24.3 Å². The lowest BCUT2D eigenvalue weighted by atomic mass is 9.78. The van der Waals surface area contributed by atoms with Gasteiger partial charge in [-0.25, -0.2) is 0 Å². The Morgan fingerprint density at radius 2 is 1.19 bits per heavy atom. The first-order valence-electron chi connectivity index (χ1n) is 11.5. The summed E-state index contributed by atoms with van der Waals surface area (Å²) in [7, 11) is 0. The first kappa shape index (κ1) is 27.8. The van der Waals surface area contributed by atoms with Gasteiger partial charge in [-0.2, -0.15) is 10.5 Å². The lowest BCUT2D eigenvalue weighted by Gasteiger charge is -2.27. The summed E-state index contributed by atoms with van der Waals surface area (Å²) in [6.07, 6.45) is 0. The van der Waals surface area contributed by atoms with Crippen LogP contribution in [0.15, 0.2) is 48.5 Å². The third-order valence-electron chi connectivity index (χ3n) is 5.49. The lowest BCUT2D eigenvalue weighted by Crippen LogP contribution is -2.17. The minimum atomic E-state index is -0.566. The van der Waals surface area contributed by atoms with Crippen LogP contribution < -0.4 is 0 Å². The summed E-state index contributed by atoms with van der Waals surface area (Å²) in [5.41, 5.74) is 3.92. The second kappa shape index (κ2) is 10.9. The number of aryl methyl sites for hydroxylation is 1. The SMILES string of the molecule is Cc1cc(C(C)(C)C)c(O)c(C(C)(C)C)c1.N#Cc1cc(O)c(O)c(C#N)c1C#Cc1ccccc1. The minimum absolute atomic E-state index is 0.0178. The van der Waals surface area contributed by atoms with Crippen molar-refractivity contribution in [1.29, 1.82) is 10.5 Å². The quantitative estimate of drug-likeness (QED) is 0.250. The minimum Gasteiger partial charge on any atom is -0.507 e. The van der Waals surface area contributed by atoms with Crippen LogP contribution in [0.5, 0.6) is 17.2 Å². The van der Waals surface area contributed by atoms with Gasteiger partial charge in [0.1, 0.15) is 23.5 Å². The normalized spacial score (nSPS) is 10.7. The molecule has 3 rings (SSSR count). The lowest BCUT2D eigenvalue weighted by molar-refractivity contribution is 0.402. The molecule has 0 spiro atoms. The molecule has 0 saturated carbocycles. The van der Waals surface area contributed by atoms with Crippen LogP contribution in [0.1, 0.15) is 80.5 Å². The van der Waals surface area contributed by atoms with Gasteiger partial charge in [0, 0.05) is 11.6 Å². The zero-order valence-electron chi connectivity index (χ0n) is 21.9. The maximum atomic E-state index is 10.4. The second-order valence-corrected chi connectivity index (χ2v) is 10.6. The summed E-state index contributed by atoms with van der Waals surface area (Å²) in [6.45, 7) is 14.9. The maximum Gasteiger partial charge on any atom is 0.176 e. The van der Waals surface area contributed by atoms with Gasteiger partial charge in [-0.15, -0.1) is 0 Å². The van der Waals surface area contributed by atoms with Crippen LogP contribution in [-0.4, -0.2) is 15.3 Å². The molecule has 3 aromatic carbocycles. The van der Waals surface area contributed by atoms with Crippen LogP contribution in [0.2, 0.25) is 0 Å². The Kier molecular flexibility index (Phi) is 8.43. The molecule has 36 heavy (non-hydrogen) atoms. The van der Waals surface area contributed by atoms with E-state index in [0.717, 1.165) is 17.2 Å². The molecule has 0 heterocycles. The van der Waals surface area contributed by atoms with Crippen molar-refractivity contribution < 1.29 is 15.3 Å². The standard InChI is InChI=1S/C16H8N2O2.C15H24O/c17-9-12-8-15(19)16(20)14(10-18)13(12)7-6-11-4-2-1-3-5-11;1-10-8-11(14(2,3)4)13(16)12(9-10)15(5,6)7/h1-5,8,19-20H;8-9,16H,1-7H3.